The Hall–Kier alpha value is -1.71. The van der Waals surface area contributed by atoms with E-state index in [4.69, 9.17) is 33.7 Å². The molecule has 0 amide bonds. The lowest BCUT2D eigenvalue weighted by molar-refractivity contribution is 0.0474. The number of hydrogen-bond acceptors (Lipinski definition) is 3. The maximum Gasteiger partial charge on any atom is 0.340 e. The predicted octanol–water partition coefficient (Wildman–Crippen LogP) is 3.93. The fourth-order valence-corrected chi connectivity index (χ4v) is 1.97. The van der Waals surface area contributed by atoms with Gasteiger partial charge in [0.25, 0.3) is 0 Å². The number of esters is 1. The second kappa shape index (κ2) is 5.95. The van der Waals surface area contributed by atoms with Gasteiger partial charge in [0.15, 0.2) is 0 Å². The van der Waals surface area contributed by atoms with E-state index >= 15 is 0 Å². The Morgan fingerprint density at radius 1 is 1.11 bits per heavy atom. The van der Waals surface area contributed by atoms with Crippen molar-refractivity contribution in [2.45, 2.75) is 6.61 Å². The molecule has 0 bridgehead atoms. The molecule has 0 atom stereocenters. The minimum Gasteiger partial charge on any atom is -0.457 e. The molecule has 0 radical (unpaired) electrons. The summed E-state index contributed by atoms with van der Waals surface area (Å²) in [5.74, 6) is -0.492. The van der Waals surface area contributed by atoms with Crippen LogP contribution in [-0.2, 0) is 11.3 Å². The van der Waals surface area contributed by atoms with Crippen LogP contribution in [-0.4, -0.2) is 5.97 Å². The number of benzene rings is 2. The number of hydrogen-bond donors (Lipinski definition) is 1. The van der Waals surface area contributed by atoms with E-state index in [1.807, 2.05) is 6.07 Å². The third kappa shape index (κ3) is 3.63. The van der Waals surface area contributed by atoms with E-state index in [2.05, 4.69) is 0 Å². The van der Waals surface area contributed by atoms with Crippen molar-refractivity contribution in [1.29, 1.82) is 0 Å². The number of nitrogen functional groups attached to an aromatic ring is 1. The Kier molecular flexibility index (Phi) is 4.30. The molecule has 0 unspecified atom stereocenters. The smallest absolute Gasteiger partial charge is 0.340 e. The summed E-state index contributed by atoms with van der Waals surface area (Å²) in [7, 11) is 0. The Bertz CT molecular complexity index is 614. The molecule has 2 aromatic rings. The molecule has 0 saturated heterocycles. The highest BCUT2D eigenvalue weighted by Crippen LogP contribution is 2.19. The van der Waals surface area contributed by atoms with E-state index in [1.54, 1.807) is 24.3 Å². The van der Waals surface area contributed by atoms with Crippen LogP contribution in [0.2, 0.25) is 10.0 Å². The first-order chi connectivity index (χ1) is 9.06. The van der Waals surface area contributed by atoms with E-state index in [0.717, 1.165) is 5.56 Å². The second-order valence-electron chi connectivity index (χ2n) is 3.94. The first kappa shape index (κ1) is 13.7. The summed E-state index contributed by atoms with van der Waals surface area (Å²) >= 11 is 11.6. The molecule has 2 rings (SSSR count). The van der Waals surface area contributed by atoms with Crippen molar-refractivity contribution in [3.8, 4) is 0 Å². The quantitative estimate of drug-likeness (QED) is 0.689. The third-order valence-corrected chi connectivity index (χ3v) is 2.96. The summed E-state index contributed by atoms with van der Waals surface area (Å²) in [5, 5.41) is 1.07. The minimum absolute atomic E-state index is 0.140. The maximum atomic E-state index is 11.9. The van der Waals surface area contributed by atoms with Gasteiger partial charge in [-0.15, -0.1) is 0 Å². The van der Waals surface area contributed by atoms with Gasteiger partial charge in [-0.2, -0.15) is 0 Å². The third-order valence-electron chi connectivity index (χ3n) is 2.49. The summed E-state index contributed by atoms with van der Waals surface area (Å²) < 4.78 is 5.17. The van der Waals surface area contributed by atoms with Gasteiger partial charge in [0.2, 0.25) is 0 Å². The molecule has 0 aromatic heterocycles. The standard InChI is InChI=1S/C14H11Cl2NO2/c15-10-3-1-2-9(6-10)8-19-14(18)12-5-4-11(16)7-13(12)17/h1-7H,8,17H2. The first-order valence-electron chi connectivity index (χ1n) is 5.53. The zero-order valence-corrected chi connectivity index (χ0v) is 11.4. The summed E-state index contributed by atoms with van der Waals surface area (Å²) in [6, 6.07) is 11.8. The molecule has 0 aliphatic carbocycles. The average Bonchev–Trinajstić information content (AvgIpc) is 2.36. The SMILES string of the molecule is Nc1cc(Cl)ccc1C(=O)OCc1cccc(Cl)c1. The summed E-state index contributed by atoms with van der Waals surface area (Å²) in [6.45, 7) is 0.140. The first-order valence-corrected chi connectivity index (χ1v) is 6.28. The average molecular weight is 296 g/mol. The minimum atomic E-state index is -0.492. The largest absolute Gasteiger partial charge is 0.457 e. The molecule has 0 heterocycles. The van der Waals surface area contributed by atoms with Crippen molar-refractivity contribution in [3.63, 3.8) is 0 Å². The van der Waals surface area contributed by atoms with Crippen molar-refractivity contribution in [2.75, 3.05) is 5.73 Å². The van der Waals surface area contributed by atoms with Crippen LogP contribution in [0.25, 0.3) is 0 Å². The van der Waals surface area contributed by atoms with Crippen LogP contribution < -0.4 is 5.73 Å². The summed E-state index contributed by atoms with van der Waals surface area (Å²) in [6.07, 6.45) is 0. The van der Waals surface area contributed by atoms with E-state index in [-0.39, 0.29) is 6.61 Å². The van der Waals surface area contributed by atoms with Gasteiger partial charge in [-0.3, -0.25) is 0 Å². The molecule has 0 aliphatic heterocycles. The molecule has 3 nitrogen and oxygen atoms in total. The number of carbonyl (C=O) groups is 1. The Morgan fingerprint density at radius 3 is 2.53 bits per heavy atom. The van der Waals surface area contributed by atoms with Crippen molar-refractivity contribution in [2.24, 2.45) is 0 Å². The number of anilines is 1. The molecular formula is C14H11Cl2NO2. The molecule has 98 valence electrons. The number of halogens is 2. The lowest BCUT2D eigenvalue weighted by atomic mass is 10.2. The van der Waals surface area contributed by atoms with Crippen LogP contribution in [0.5, 0.6) is 0 Å². The number of rotatable bonds is 3. The molecule has 0 saturated carbocycles. The molecular weight excluding hydrogens is 285 g/mol. The zero-order valence-electron chi connectivity index (χ0n) is 9.90. The Labute approximate surface area is 120 Å². The second-order valence-corrected chi connectivity index (χ2v) is 4.81. The van der Waals surface area contributed by atoms with Crippen LogP contribution in [0.15, 0.2) is 42.5 Å². The zero-order chi connectivity index (χ0) is 13.8. The van der Waals surface area contributed by atoms with Crippen LogP contribution in [0.4, 0.5) is 5.69 Å². The van der Waals surface area contributed by atoms with Crippen molar-refractivity contribution in [1.82, 2.24) is 0 Å². The van der Waals surface area contributed by atoms with E-state index in [9.17, 15) is 4.79 Å². The topological polar surface area (TPSA) is 52.3 Å². The maximum absolute atomic E-state index is 11.9. The van der Waals surface area contributed by atoms with Gasteiger partial charge in [0.1, 0.15) is 6.61 Å². The van der Waals surface area contributed by atoms with Gasteiger partial charge in [-0.1, -0.05) is 35.3 Å². The van der Waals surface area contributed by atoms with Crippen molar-refractivity contribution in [3.05, 3.63) is 63.6 Å². The van der Waals surface area contributed by atoms with Crippen LogP contribution in [0.1, 0.15) is 15.9 Å². The molecule has 2 aromatic carbocycles. The van der Waals surface area contributed by atoms with Gasteiger partial charge in [-0.05, 0) is 35.9 Å². The van der Waals surface area contributed by atoms with Gasteiger partial charge >= 0.3 is 5.97 Å². The highest BCUT2D eigenvalue weighted by molar-refractivity contribution is 6.31. The van der Waals surface area contributed by atoms with Crippen LogP contribution in [0, 0.1) is 0 Å². The molecule has 19 heavy (non-hydrogen) atoms. The van der Waals surface area contributed by atoms with Crippen molar-refractivity contribution >= 4 is 34.9 Å². The number of ether oxygens (including phenoxy) is 1. The molecule has 0 aliphatic rings. The normalized spacial score (nSPS) is 10.2. The molecule has 0 fully saturated rings. The van der Waals surface area contributed by atoms with Gasteiger partial charge in [0, 0.05) is 15.7 Å². The van der Waals surface area contributed by atoms with Gasteiger partial charge < -0.3 is 10.5 Å². The highest BCUT2D eigenvalue weighted by Gasteiger charge is 2.11. The van der Waals surface area contributed by atoms with E-state index in [1.165, 1.54) is 12.1 Å². The fraction of sp³-hybridized carbons (Fsp3) is 0.0714. The fourth-order valence-electron chi connectivity index (χ4n) is 1.57. The van der Waals surface area contributed by atoms with E-state index in [0.29, 0.717) is 21.3 Å². The van der Waals surface area contributed by atoms with Gasteiger partial charge in [0.05, 0.1) is 5.56 Å². The summed E-state index contributed by atoms with van der Waals surface area (Å²) in [4.78, 5) is 11.9. The predicted molar refractivity (Wildman–Crippen MR) is 76.4 cm³/mol. The van der Waals surface area contributed by atoms with Crippen molar-refractivity contribution < 1.29 is 9.53 Å². The lowest BCUT2D eigenvalue weighted by Crippen LogP contribution is -2.08. The highest BCUT2D eigenvalue weighted by atomic mass is 35.5. The molecule has 2 N–H and O–H groups in total. The number of carbonyl (C=O) groups excluding carboxylic acids is 1. The van der Waals surface area contributed by atoms with Crippen LogP contribution in [0.3, 0.4) is 0 Å². The monoisotopic (exact) mass is 295 g/mol. The molecule has 5 heteroatoms. The van der Waals surface area contributed by atoms with Gasteiger partial charge in [-0.25, -0.2) is 4.79 Å². The molecule has 0 spiro atoms. The number of nitrogens with two attached hydrogens (primary N) is 1. The Morgan fingerprint density at radius 2 is 1.84 bits per heavy atom. The van der Waals surface area contributed by atoms with Crippen LogP contribution >= 0.6 is 23.2 Å². The lowest BCUT2D eigenvalue weighted by Gasteiger charge is -2.07. The Balaban J connectivity index is 2.05. The summed E-state index contributed by atoms with van der Waals surface area (Å²) in [5.41, 5.74) is 7.11. The van der Waals surface area contributed by atoms with E-state index < -0.39 is 5.97 Å².